The highest BCUT2D eigenvalue weighted by Crippen LogP contribution is 2.34. The summed E-state index contributed by atoms with van der Waals surface area (Å²) < 4.78 is 21.1. The highest BCUT2D eigenvalue weighted by Gasteiger charge is 2.21. The number of H-pyrrole nitrogens is 2. The van der Waals surface area contributed by atoms with Gasteiger partial charge < -0.3 is 14.7 Å². The smallest absolute Gasteiger partial charge is 0.161 e. The first-order chi connectivity index (χ1) is 16.7. The number of rotatable bonds is 6. The topological polar surface area (TPSA) is 108 Å². The summed E-state index contributed by atoms with van der Waals surface area (Å²) in [5.74, 6) is -0.00793. The van der Waals surface area contributed by atoms with E-state index < -0.39 is 5.82 Å². The predicted molar refractivity (Wildman–Crippen MR) is 127 cm³/mol. The SMILES string of the molecule is CCNCc1cncc(-c2ncc3[nH]nc(-c4nc5c(-c6ccoc6)cccc5[nH]4)c3c2F)c1. The number of hydrogen-bond acceptors (Lipinski definition) is 6. The summed E-state index contributed by atoms with van der Waals surface area (Å²) in [5, 5.41) is 10.8. The number of aromatic nitrogens is 6. The Kier molecular flexibility index (Phi) is 4.88. The Bertz CT molecular complexity index is 1620. The van der Waals surface area contributed by atoms with E-state index >= 15 is 4.39 Å². The van der Waals surface area contributed by atoms with Crippen LogP contribution < -0.4 is 5.32 Å². The van der Waals surface area contributed by atoms with Crippen molar-refractivity contribution in [3.8, 4) is 33.9 Å². The van der Waals surface area contributed by atoms with E-state index in [2.05, 4.69) is 30.5 Å². The van der Waals surface area contributed by atoms with Gasteiger partial charge in [-0.15, -0.1) is 0 Å². The van der Waals surface area contributed by atoms with Gasteiger partial charge in [-0.1, -0.05) is 19.1 Å². The lowest BCUT2D eigenvalue weighted by atomic mass is 10.1. The second-order valence-corrected chi connectivity index (χ2v) is 7.94. The van der Waals surface area contributed by atoms with E-state index in [1.807, 2.05) is 37.3 Å². The number of hydrogen-bond donors (Lipinski definition) is 3. The van der Waals surface area contributed by atoms with E-state index in [9.17, 15) is 0 Å². The largest absolute Gasteiger partial charge is 0.472 e. The van der Waals surface area contributed by atoms with Gasteiger partial charge in [-0.05, 0) is 30.3 Å². The number of nitrogens with zero attached hydrogens (tertiary/aromatic N) is 4. The molecule has 0 fully saturated rings. The van der Waals surface area contributed by atoms with Crippen LogP contribution in [0.4, 0.5) is 4.39 Å². The molecule has 0 radical (unpaired) electrons. The highest BCUT2D eigenvalue weighted by atomic mass is 19.1. The Morgan fingerprint density at radius 3 is 2.85 bits per heavy atom. The predicted octanol–water partition coefficient (Wildman–Crippen LogP) is 5.07. The number of aromatic amines is 2. The van der Waals surface area contributed by atoms with Crippen LogP contribution in [0.25, 0.3) is 55.8 Å². The first kappa shape index (κ1) is 20.3. The molecule has 0 bridgehead atoms. The zero-order valence-corrected chi connectivity index (χ0v) is 18.3. The molecule has 0 aliphatic heterocycles. The molecule has 34 heavy (non-hydrogen) atoms. The van der Waals surface area contributed by atoms with Crippen molar-refractivity contribution in [3.63, 3.8) is 0 Å². The number of para-hydroxylation sites is 1. The minimum atomic E-state index is -0.473. The quantitative estimate of drug-likeness (QED) is 0.325. The molecule has 0 spiro atoms. The highest BCUT2D eigenvalue weighted by molar-refractivity contribution is 5.98. The maximum Gasteiger partial charge on any atom is 0.161 e. The molecular formula is C25H20FN7O. The van der Waals surface area contributed by atoms with Crippen molar-refractivity contribution in [2.24, 2.45) is 0 Å². The van der Waals surface area contributed by atoms with Crippen molar-refractivity contribution in [2.75, 3.05) is 6.54 Å². The van der Waals surface area contributed by atoms with Crippen LogP contribution in [0, 0.1) is 5.82 Å². The van der Waals surface area contributed by atoms with Crippen LogP contribution in [-0.2, 0) is 6.54 Å². The molecule has 6 aromatic rings. The van der Waals surface area contributed by atoms with Crippen molar-refractivity contribution in [1.82, 2.24) is 35.5 Å². The third-order valence-corrected chi connectivity index (χ3v) is 5.76. The van der Waals surface area contributed by atoms with E-state index in [4.69, 9.17) is 9.40 Å². The van der Waals surface area contributed by atoms with E-state index in [1.54, 1.807) is 31.1 Å². The third kappa shape index (κ3) is 3.34. The zero-order chi connectivity index (χ0) is 23.1. The van der Waals surface area contributed by atoms with Crippen LogP contribution in [-0.4, -0.2) is 36.7 Å². The van der Waals surface area contributed by atoms with Crippen molar-refractivity contribution in [1.29, 1.82) is 0 Å². The Labute approximate surface area is 193 Å². The summed E-state index contributed by atoms with van der Waals surface area (Å²) in [6.07, 6.45) is 8.25. The lowest BCUT2D eigenvalue weighted by molar-refractivity contribution is 0.568. The van der Waals surface area contributed by atoms with Gasteiger partial charge in [0.2, 0.25) is 0 Å². The average molecular weight is 453 g/mol. The number of fused-ring (bicyclic) bond motifs is 2. The number of furan rings is 1. The van der Waals surface area contributed by atoms with Gasteiger partial charge in [-0.2, -0.15) is 5.10 Å². The Morgan fingerprint density at radius 2 is 2.00 bits per heavy atom. The van der Waals surface area contributed by atoms with E-state index in [0.29, 0.717) is 34.5 Å². The molecule has 5 aromatic heterocycles. The number of pyridine rings is 2. The van der Waals surface area contributed by atoms with Crippen LogP contribution in [0.5, 0.6) is 0 Å². The molecule has 0 aliphatic carbocycles. The standard InChI is InChI=1S/C25H20FN7O/c1-2-27-9-14-8-16(11-28-10-14)22-21(26)20-19(12-29-22)32-33-24(20)25-30-18-5-3-4-17(23(18)31-25)15-6-7-34-13-15/h3-8,10-13,27H,2,9H2,1H3,(H,30,31)(H,32,33). The van der Waals surface area contributed by atoms with Gasteiger partial charge in [0.25, 0.3) is 0 Å². The number of benzene rings is 1. The Hall–Kier alpha value is -4.37. The van der Waals surface area contributed by atoms with Gasteiger partial charge >= 0.3 is 0 Å². The molecular weight excluding hydrogens is 433 g/mol. The van der Waals surface area contributed by atoms with Crippen LogP contribution in [0.15, 0.2) is 65.9 Å². The van der Waals surface area contributed by atoms with Gasteiger partial charge in [-0.3, -0.25) is 15.1 Å². The maximum absolute atomic E-state index is 15.9. The molecule has 0 aliphatic rings. The Morgan fingerprint density at radius 1 is 1.06 bits per heavy atom. The first-order valence-corrected chi connectivity index (χ1v) is 10.9. The van der Waals surface area contributed by atoms with Crippen LogP contribution in [0.1, 0.15) is 12.5 Å². The molecule has 168 valence electrons. The van der Waals surface area contributed by atoms with Crippen LogP contribution in [0.2, 0.25) is 0 Å². The van der Waals surface area contributed by atoms with Gasteiger partial charge in [0.05, 0.1) is 40.7 Å². The van der Waals surface area contributed by atoms with Gasteiger partial charge in [-0.25, -0.2) is 9.37 Å². The summed E-state index contributed by atoms with van der Waals surface area (Å²) in [6, 6.07) is 9.60. The lowest BCUT2D eigenvalue weighted by Gasteiger charge is -2.07. The number of imidazole rings is 1. The average Bonchev–Trinajstić information content (AvgIpc) is 3.62. The molecule has 3 N–H and O–H groups in total. The second-order valence-electron chi connectivity index (χ2n) is 7.94. The molecule has 6 rings (SSSR count). The molecule has 0 saturated carbocycles. The van der Waals surface area contributed by atoms with Gasteiger partial charge in [0.1, 0.15) is 11.4 Å². The van der Waals surface area contributed by atoms with Crippen LogP contribution in [0.3, 0.4) is 0 Å². The molecule has 0 amide bonds. The lowest BCUT2D eigenvalue weighted by Crippen LogP contribution is -2.11. The summed E-state index contributed by atoms with van der Waals surface area (Å²) in [7, 11) is 0. The van der Waals surface area contributed by atoms with E-state index in [0.717, 1.165) is 34.3 Å². The Balaban J connectivity index is 1.48. The fraction of sp³-hybridized carbons (Fsp3) is 0.120. The van der Waals surface area contributed by atoms with Gasteiger partial charge in [0.15, 0.2) is 11.6 Å². The van der Waals surface area contributed by atoms with E-state index in [-0.39, 0.29) is 5.69 Å². The fourth-order valence-corrected chi connectivity index (χ4v) is 4.13. The number of halogens is 1. The minimum absolute atomic E-state index is 0.219. The third-order valence-electron chi connectivity index (χ3n) is 5.76. The van der Waals surface area contributed by atoms with E-state index in [1.165, 1.54) is 0 Å². The summed E-state index contributed by atoms with van der Waals surface area (Å²) in [5.41, 5.74) is 6.07. The first-order valence-electron chi connectivity index (χ1n) is 10.9. The van der Waals surface area contributed by atoms with Crippen LogP contribution >= 0.6 is 0 Å². The molecule has 0 unspecified atom stereocenters. The fourth-order valence-electron chi connectivity index (χ4n) is 4.13. The summed E-state index contributed by atoms with van der Waals surface area (Å²) in [4.78, 5) is 16.7. The van der Waals surface area contributed by atoms with Crippen molar-refractivity contribution >= 4 is 21.9 Å². The van der Waals surface area contributed by atoms with Crippen molar-refractivity contribution in [3.05, 3.63) is 72.8 Å². The second kappa shape index (κ2) is 8.20. The number of nitrogens with one attached hydrogen (secondary N) is 3. The minimum Gasteiger partial charge on any atom is -0.472 e. The molecule has 1 aromatic carbocycles. The molecule has 0 atom stereocenters. The monoisotopic (exact) mass is 453 g/mol. The zero-order valence-electron chi connectivity index (χ0n) is 18.3. The summed E-state index contributed by atoms with van der Waals surface area (Å²) in [6.45, 7) is 3.51. The van der Waals surface area contributed by atoms with Crippen molar-refractivity contribution in [2.45, 2.75) is 13.5 Å². The normalized spacial score (nSPS) is 11.6. The molecule has 5 heterocycles. The van der Waals surface area contributed by atoms with Crippen molar-refractivity contribution < 1.29 is 8.81 Å². The molecule has 9 heteroatoms. The van der Waals surface area contributed by atoms with Gasteiger partial charge in [0, 0.05) is 35.6 Å². The molecule has 8 nitrogen and oxygen atoms in total. The summed E-state index contributed by atoms with van der Waals surface area (Å²) >= 11 is 0. The maximum atomic E-state index is 15.9. The molecule has 0 saturated heterocycles.